The van der Waals surface area contributed by atoms with Crippen molar-refractivity contribution in [3.8, 4) is 0 Å². The number of ketones is 2. The summed E-state index contributed by atoms with van der Waals surface area (Å²) in [6.07, 6.45) is -0.379. The van der Waals surface area contributed by atoms with E-state index in [2.05, 4.69) is 0 Å². The zero-order chi connectivity index (χ0) is 23.4. The highest BCUT2D eigenvalue weighted by atomic mass is 16.5. The third kappa shape index (κ3) is 2.72. The van der Waals surface area contributed by atoms with E-state index in [-0.39, 0.29) is 17.7 Å². The van der Waals surface area contributed by atoms with Crippen LogP contribution in [0.4, 0.5) is 0 Å². The van der Waals surface area contributed by atoms with E-state index in [4.69, 9.17) is 4.74 Å². The van der Waals surface area contributed by atoms with E-state index in [1.807, 2.05) is 36.4 Å². The summed E-state index contributed by atoms with van der Waals surface area (Å²) in [7, 11) is 0. The van der Waals surface area contributed by atoms with E-state index in [1.165, 1.54) is 4.90 Å². The zero-order valence-electron chi connectivity index (χ0n) is 18.2. The Balaban J connectivity index is 1.43. The van der Waals surface area contributed by atoms with Gasteiger partial charge >= 0.3 is 0 Å². The van der Waals surface area contributed by atoms with Crippen molar-refractivity contribution < 1.29 is 23.9 Å². The van der Waals surface area contributed by atoms with Gasteiger partial charge in [-0.2, -0.15) is 0 Å². The molecule has 168 valence electrons. The Labute approximate surface area is 196 Å². The van der Waals surface area contributed by atoms with Gasteiger partial charge in [0, 0.05) is 17.7 Å². The number of imide groups is 1. The van der Waals surface area contributed by atoms with Crippen molar-refractivity contribution >= 4 is 23.4 Å². The molecule has 2 heterocycles. The van der Waals surface area contributed by atoms with Gasteiger partial charge in [-0.05, 0) is 17.5 Å². The quantitative estimate of drug-likeness (QED) is 0.449. The Morgan fingerprint density at radius 3 is 1.88 bits per heavy atom. The van der Waals surface area contributed by atoms with Gasteiger partial charge in [0.1, 0.15) is 0 Å². The van der Waals surface area contributed by atoms with E-state index < -0.39 is 46.9 Å². The number of benzene rings is 3. The molecule has 2 fully saturated rings. The molecule has 0 aromatic heterocycles. The molecule has 3 atom stereocenters. The summed E-state index contributed by atoms with van der Waals surface area (Å²) in [5, 5.41) is 0. The van der Waals surface area contributed by atoms with Crippen LogP contribution in [0.3, 0.4) is 0 Å². The molecule has 6 heteroatoms. The summed E-state index contributed by atoms with van der Waals surface area (Å²) in [6.45, 7) is 0.182. The van der Waals surface area contributed by atoms with Gasteiger partial charge in [0.05, 0.1) is 17.9 Å². The second-order valence-electron chi connectivity index (χ2n) is 8.96. The molecule has 2 aliphatic heterocycles. The van der Waals surface area contributed by atoms with Crippen LogP contribution < -0.4 is 0 Å². The van der Waals surface area contributed by atoms with Crippen LogP contribution in [0.2, 0.25) is 0 Å². The number of Topliss-reactive ketones (excluding diaryl/α,β-unsaturated/α-hetero) is 2. The molecule has 3 aromatic carbocycles. The van der Waals surface area contributed by atoms with Crippen molar-refractivity contribution in [3.63, 3.8) is 0 Å². The number of amides is 2. The van der Waals surface area contributed by atoms with Gasteiger partial charge in [-0.15, -0.1) is 0 Å². The average Bonchev–Trinajstić information content (AvgIpc) is 3.44. The van der Waals surface area contributed by atoms with Crippen LogP contribution in [-0.2, 0) is 20.7 Å². The first-order valence-corrected chi connectivity index (χ1v) is 11.3. The fraction of sp³-hybridized carbons (Fsp3) is 0.214. The number of hydrogen-bond donors (Lipinski definition) is 0. The molecular weight excluding hydrogens is 430 g/mol. The number of nitrogens with zero attached hydrogens (tertiary/aromatic N) is 1. The van der Waals surface area contributed by atoms with E-state index in [9.17, 15) is 19.2 Å². The maximum absolute atomic E-state index is 13.7. The molecule has 0 radical (unpaired) electrons. The monoisotopic (exact) mass is 451 g/mol. The smallest absolute Gasteiger partial charge is 0.237 e. The lowest BCUT2D eigenvalue weighted by atomic mass is 9.77. The van der Waals surface area contributed by atoms with Crippen molar-refractivity contribution in [1.82, 2.24) is 4.90 Å². The van der Waals surface area contributed by atoms with Crippen LogP contribution in [0.15, 0.2) is 84.9 Å². The Bertz CT molecular complexity index is 1300. The van der Waals surface area contributed by atoms with Crippen LogP contribution >= 0.6 is 0 Å². The number of fused-ring (bicyclic) bond motifs is 3. The Hall–Kier alpha value is -3.90. The first-order valence-electron chi connectivity index (χ1n) is 11.3. The fourth-order valence-electron chi connectivity index (χ4n) is 5.63. The van der Waals surface area contributed by atoms with Gasteiger partial charge in [-0.3, -0.25) is 24.1 Å². The maximum Gasteiger partial charge on any atom is 0.237 e. The molecule has 2 amide bonds. The predicted octanol–water partition coefficient (Wildman–Crippen LogP) is 3.42. The van der Waals surface area contributed by atoms with Gasteiger partial charge in [-0.25, -0.2) is 0 Å². The summed E-state index contributed by atoms with van der Waals surface area (Å²) < 4.78 is 6.25. The number of hydrogen-bond acceptors (Lipinski definition) is 5. The second-order valence-corrected chi connectivity index (χ2v) is 8.96. The molecule has 0 N–H and O–H groups in total. The van der Waals surface area contributed by atoms with Crippen molar-refractivity contribution in [2.24, 2.45) is 11.8 Å². The highest BCUT2D eigenvalue weighted by Gasteiger charge is 2.74. The number of ether oxygens (including phenoxy) is 1. The summed E-state index contributed by atoms with van der Waals surface area (Å²) in [4.78, 5) is 55.9. The van der Waals surface area contributed by atoms with Gasteiger partial charge in [-0.1, -0.05) is 84.9 Å². The molecule has 6 rings (SSSR count). The van der Waals surface area contributed by atoms with E-state index in [1.54, 1.807) is 48.5 Å². The molecule has 34 heavy (non-hydrogen) atoms. The molecule has 3 aromatic rings. The highest BCUT2D eigenvalue weighted by Crippen LogP contribution is 2.57. The first kappa shape index (κ1) is 20.7. The summed E-state index contributed by atoms with van der Waals surface area (Å²) in [5.74, 6) is -4.10. The second kappa shape index (κ2) is 7.57. The SMILES string of the molecule is O=C1[C@@H]2[C@@H](c3ccccc3)OC3(C(=O)c4ccccc4C3=O)[C@@H]2C(=O)N1CCc1ccccc1. The molecule has 1 aliphatic carbocycles. The number of carbonyl (C=O) groups is 4. The van der Waals surface area contributed by atoms with Gasteiger partial charge < -0.3 is 4.74 Å². The lowest BCUT2D eigenvalue weighted by molar-refractivity contribution is -0.144. The molecule has 2 saturated heterocycles. The fourth-order valence-corrected chi connectivity index (χ4v) is 5.63. The van der Waals surface area contributed by atoms with E-state index in [0.717, 1.165) is 5.56 Å². The molecule has 0 unspecified atom stereocenters. The molecule has 6 nitrogen and oxygen atoms in total. The third-order valence-corrected chi connectivity index (χ3v) is 7.21. The highest BCUT2D eigenvalue weighted by molar-refractivity contribution is 6.35. The van der Waals surface area contributed by atoms with Crippen LogP contribution in [0, 0.1) is 11.8 Å². The Kier molecular flexibility index (Phi) is 4.61. The average molecular weight is 451 g/mol. The largest absolute Gasteiger partial charge is 0.349 e. The number of rotatable bonds is 4. The van der Waals surface area contributed by atoms with Crippen LogP contribution in [0.1, 0.15) is 37.9 Å². The van der Waals surface area contributed by atoms with Crippen LogP contribution in [-0.4, -0.2) is 40.4 Å². The van der Waals surface area contributed by atoms with Crippen molar-refractivity contribution in [1.29, 1.82) is 0 Å². The molecule has 1 spiro atoms. The van der Waals surface area contributed by atoms with Crippen LogP contribution in [0.5, 0.6) is 0 Å². The Morgan fingerprint density at radius 1 is 0.706 bits per heavy atom. The Morgan fingerprint density at radius 2 is 1.26 bits per heavy atom. The first-order chi connectivity index (χ1) is 16.5. The van der Waals surface area contributed by atoms with Gasteiger partial charge in [0.25, 0.3) is 0 Å². The van der Waals surface area contributed by atoms with Crippen molar-refractivity contribution in [3.05, 3.63) is 107 Å². The van der Waals surface area contributed by atoms with Crippen molar-refractivity contribution in [2.75, 3.05) is 6.54 Å². The summed E-state index contributed by atoms with van der Waals surface area (Å²) >= 11 is 0. The maximum atomic E-state index is 13.7. The molecule has 0 bridgehead atoms. The minimum atomic E-state index is -2.01. The van der Waals surface area contributed by atoms with Gasteiger partial charge in [0.15, 0.2) is 0 Å². The molecular formula is C28H21NO5. The lowest BCUT2D eigenvalue weighted by Gasteiger charge is -2.27. The van der Waals surface area contributed by atoms with E-state index >= 15 is 0 Å². The zero-order valence-corrected chi connectivity index (χ0v) is 18.2. The van der Waals surface area contributed by atoms with Crippen LogP contribution in [0.25, 0.3) is 0 Å². The number of carbonyl (C=O) groups excluding carboxylic acids is 4. The van der Waals surface area contributed by atoms with Crippen molar-refractivity contribution in [2.45, 2.75) is 18.1 Å². The standard InChI is InChI=1S/C28H21NO5/c30-24-19-13-7-8-14-20(19)25(31)28(24)22-21(23(34-28)18-11-5-2-6-12-18)26(32)29(27(22)33)16-15-17-9-3-1-4-10-17/h1-14,21-23H,15-16H2/t21-,22-,23+/m0/s1. The lowest BCUT2D eigenvalue weighted by Crippen LogP contribution is -2.51. The van der Waals surface area contributed by atoms with E-state index in [0.29, 0.717) is 12.0 Å². The molecule has 0 saturated carbocycles. The minimum absolute atomic E-state index is 0.182. The predicted molar refractivity (Wildman–Crippen MR) is 122 cm³/mol. The summed E-state index contributed by atoms with van der Waals surface area (Å²) in [5.41, 5.74) is 0.123. The summed E-state index contributed by atoms with van der Waals surface area (Å²) in [6, 6.07) is 25.1. The van der Waals surface area contributed by atoms with Gasteiger partial charge in [0.2, 0.25) is 29.0 Å². The molecule has 3 aliphatic rings. The number of likely N-dealkylation sites (tertiary alicyclic amines) is 1. The minimum Gasteiger partial charge on any atom is -0.349 e. The normalized spacial score (nSPS) is 24.7. The topological polar surface area (TPSA) is 80.8 Å². The third-order valence-electron chi connectivity index (χ3n) is 7.21.